The molecule has 14 heavy (non-hydrogen) atoms. The van der Waals surface area contributed by atoms with E-state index in [2.05, 4.69) is 32.8 Å². The normalized spacial score (nSPS) is 28.0. The Morgan fingerprint density at radius 3 is 3.36 bits per heavy atom. The highest BCUT2D eigenvalue weighted by Gasteiger charge is 2.25. The fourth-order valence-corrected chi connectivity index (χ4v) is 1.82. The van der Waals surface area contributed by atoms with Crippen LogP contribution in [0.2, 0.25) is 0 Å². The second-order valence-electron chi connectivity index (χ2n) is 3.32. The van der Waals surface area contributed by atoms with Gasteiger partial charge in [0.25, 0.3) is 0 Å². The lowest BCUT2D eigenvalue weighted by molar-refractivity contribution is 0.755. The summed E-state index contributed by atoms with van der Waals surface area (Å²) in [7, 11) is 0. The van der Waals surface area contributed by atoms with Gasteiger partial charge in [-0.1, -0.05) is 12.2 Å². The highest BCUT2D eigenvalue weighted by molar-refractivity contribution is 6.17. The first-order chi connectivity index (χ1) is 6.95. The minimum Gasteiger partial charge on any atom is -0.372 e. The maximum atomic E-state index is 4.37. The molecule has 0 spiro atoms. The van der Waals surface area contributed by atoms with E-state index < -0.39 is 0 Å². The summed E-state index contributed by atoms with van der Waals surface area (Å²) < 4.78 is 0. The van der Waals surface area contributed by atoms with Crippen molar-refractivity contribution in [2.24, 2.45) is 9.98 Å². The van der Waals surface area contributed by atoms with Gasteiger partial charge in [-0.2, -0.15) is 0 Å². The summed E-state index contributed by atoms with van der Waals surface area (Å²) in [5, 5.41) is 6.61. The Morgan fingerprint density at radius 1 is 1.36 bits per heavy atom. The summed E-state index contributed by atoms with van der Waals surface area (Å²) in [4.78, 5) is 8.47. The number of nitrogens with one attached hydrogen (secondary N) is 2. The van der Waals surface area contributed by atoms with Crippen LogP contribution >= 0.6 is 0 Å². The van der Waals surface area contributed by atoms with Crippen LogP contribution in [0.5, 0.6) is 0 Å². The molecule has 2 N–H and O–H groups in total. The molecule has 0 amide bonds. The quantitative estimate of drug-likeness (QED) is 0.572. The maximum Gasteiger partial charge on any atom is 0.0927 e. The van der Waals surface area contributed by atoms with E-state index in [9.17, 15) is 0 Å². The SMILES string of the molecule is C1=CC2NCNC2=C2N=CC=NC=C12. The first-order valence-corrected chi connectivity index (χ1v) is 4.61. The monoisotopic (exact) mass is 186 g/mol. The van der Waals surface area contributed by atoms with Crippen molar-refractivity contribution in [2.75, 3.05) is 6.67 Å². The summed E-state index contributed by atoms with van der Waals surface area (Å²) in [6.07, 6.45) is 9.44. The molecule has 0 bridgehead atoms. The van der Waals surface area contributed by atoms with Gasteiger partial charge >= 0.3 is 0 Å². The summed E-state index contributed by atoms with van der Waals surface area (Å²) in [5.74, 6) is 0. The van der Waals surface area contributed by atoms with Gasteiger partial charge in [-0.25, -0.2) is 0 Å². The number of aliphatic imine (C=N–C) groups is 2. The molecule has 4 heteroatoms. The molecule has 1 unspecified atom stereocenters. The number of allylic oxidation sites excluding steroid dienone is 1. The van der Waals surface area contributed by atoms with Gasteiger partial charge in [-0.15, -0.1) is 0 Å². The first-order valence-electron chi connectivity index (χ1n) is 4.61. The van der Waals surface area contributed by atoms with Crippen LogP contribution in [0, 0.1) is 0 Å². The third kappa shape index (κ3) is 1.04. The fourth-order valence-electron chi connectivity index (χ4n) is 1.82. The highest BCUT2D eigenvalue weighted by Crippen LogP contribution is 2.26. The lowest BCUT2D eigenvalue weighted by Crippen LogP contribution is -2.22. The van der Waals surface area contributed by atoms with Crippen molar-refractivity contribution in [3.63, 3.8) is 0 Å². The summed E-state index contributed by atoms with van der Waals surface area (Å²) in [6, 6.07) is 0.289. The molecule has 3 rings (SSSR count). The molecule has 0 aromatic heterocycles. The van der Waals surface area contributed by atoms with E-state index in [1.54, 1.807) is 12.4 Å². The van der Waals surface area contributed by atoms with Gasteiger partial charge < -0.3 is 5.32 Å². The fraction of sp³-hybridized carbons (Fsp3) is 0.200. The Labute approximate surface area is 81.8 Å². The van der Waals surface area contributed by atoms with Crippen LogP contribution < -0.4 is 10.6 Å². The molecular weight excluding hydrogens is 176 g/mol. The smallest absolute Gasteiger partial charge is 0.0927 e. The number of hydrogen-bond acceptors (Lipinski definition) is 4. The molecule has 2 heterocycles. The van der Waals surface area contributed by atoms with Crippen molar-refractivity contribution < 1.29 is 0 Å². The van der Waals surface area contributed by atoms with Crippen molar-refractivity contribution in [1.29, 1.82) is 0 Å². The van der Waals surface area contributed by atoms with Gasteiger partial charge in [0.1, 0.15) is 0 Å². The Balaban J connectivity index is 2.15. The summed E-state index contributed by atoms with van der Waals surface area (Å²) >= 11 is 0. The predicted molar refractivity (Wildman–Crippen MR) is 56.2 cm³/mol. The summed E-state index contributed by atoms with van der Waals surface area (Å²) in [5.41, 5.74) is 3.22. The Kier molecular flexibility index (Phi) is 1.61. The molecule has 2 aliphatic heterocycles. The van der Waals surface area contributed by atoms with Crippen molar-refractivity contribution in [1.82, 2.24) is 10.6 Å². The second kappa shape index (κ2) is 2.92. The number of rotatable bonds is 0. The average molecular weight is 186 g/mol. The standard InChI is InChI=1S/C10H10N4/c1-2-8-10(14-6-13-8)9-7(1)5-11-3-4-12-9/h1-5,8,13-14H,6H2. The molecule has 1 fully saturated rings. The Bertz CT molecular complexity index is 412. The largest absolute Gasteiger partial charge is 0.372 e. The maximum absolute atomic E-state index is 4.37. The second-order valence-corrected chi connectivity index (χ2v) is 3.32. The lowest BCUT2D eigenvalue weighted by Gasteiger charge is -2.16. The molecular formula is C10H10N4. The zero-order valence-electron chi connectivity index (χ0n) is 7.57. The molecule has 70 valence electrons. The van der Waals surface area contributed by atoms with E-state index in [-0.39, 0.29) is 6.04 Å². The average Bonchev–Trinajstić information content (AvgIpc) is 2.55. The van der Waals surface area contributed by atoms with Crippen molar-refractivity contribution in [2.45, 2.75) is 6.04 Å². The first kappa shape index (κ1) is 7.70. The van der Waals surface area contributed by atoms with Crippen molar-refractivity contribution in [3.8, 4) is 0 Å². The minimum atomic E-state index is 0.289. The number of fused-ring (bicyclic) bond motifs is 2. The van der Waals surface area contributed by atoms with Crippen LogP contribution in [-0.2, 0) is 0 Å². The predicted octanol–water partition coefficient (Wildman–Crippen LogP) is 0.326. The van der Waals surface area contributed by atoms with E-state index in [4.69, 9.17) is 0 Å². The van der Waals surface area contributed by atoms with Crippen LogP contribution in [0.15, 0.2) is 45.3 Å². The van der Waals surface area contributed by atoms with Gasteiger partial charge in [0.15, 0.2) is 0 Å². The molecule has 0 aromatic carbocycles. The molecule has 1 atom stereocenters. The molecule has 0 aromatic rings. The van der Waals surface area contributed by atoms with Crippen molar-refractivity contribution in [3.05, 3.63) is 35.3 Å². The number of hydrogen-bond donors (Lipinski definition) is 2. The van der Waals surface area contributed by atoms with Crippen molar-refractivity contribution >= 4 is 12.4 Å². The van der Waals surface area contributed by atoms with Gasteiger partial charge in [0.05, 0.1) is 24.1 Å². The van der Waals surface area contributed by atoms with Crippen LogP contribution in [0.3, 0.4) is 0 Å². The van der Waals surface area contributed by atoms with E-state index in [1.807, 2.05) is 6.20 Å². The topological polar surface area (TPSA) is 48.8 Å². The van der Waals surface area contributed by atoms with E-state index in [0.717, 1.165) is 23.6 Å². The van der Waals surface area contributed by atoms with Crippen LogP contribution in [0.25, 0.3) is 0 Å². The lowest BCUT2D eigenvalue weighted by atomic mass is 10.0. The van der Waals surface area contributed by atoms with Gasteiger partial charge in [0, 0.05) is 24.2 Å². The Hall–Kier alpha value is -1.68. The molecule has 1 aliphatic carbocycles. The molecule has 1 saturated heterocycles. The van der Waals surface area contributed by atoms with Gasteiger partial charge in [-0.3, -0.25) is 15.3 Å². The molecule has 4 nitrogen and oxygen atoms in total. The van der Waals surface area contributed by atoms with Crippen LogP contribution in [0.1, 0.15) is 0 Å². The van der Waals surface area contributed by atoms with Gasteiger partial charge in [0.2, 0.25) is 0 Å². The Morgan fingerprint density at radius 2 is 2.36 bits per heavy atom. The van der Waals surface area contributed by atoms with E-state index in [0.29, 0.717) is 0 Å². The van der Waals surface area contributed by atoms with E-state index >= 15 is 0 Å². The third-order valence-corrected chi connectivity index (χ3v) is 2.48. The van der Waals surface area contributed by atoms with Crippen LogP contribution in [-0.4, -0.2) is 25.1 Å². The molecule has 0 radical (unpaired) electrons. The minimum absolute atomic E-state index is 0.289. The van der Waals surface area contributed by atoms with E-state index in [1.165, 1.54) is 0 Å². The molecule has 3 aliphatic rings. The third-order valence-electron chi connectivity index (χ3n) is 2.48. The van der Waals surface area contributed by atoms with Gasteiger partial charge in [-0.05, 0) is 0 Å². The van der Waals surface area contributed by atoms with Crippen LogP contribution in [0.4, 0.5) is 0 Å². The zero-order chi connectivity index (χ0) is 9.38. The zero-order valence-corrected chi connectivity index (χ0v) is 7.57. The molecule has 0 saturated carbocycles. The summed E-state index contributed by atoms with van der Waals surface area (Å²) in [6.45, 7) is 0.803. The number of nitrogens with zero attached hydrogens (tertiary/aromatic N) is 2. The highest BCUT2D eigenvalue weighted by atomic mass is 15.2.